The number of aryl methyl sites for hydroxylation is 1. The van der Waals surface area contributed by atoms with Crippen LogP contribution in [-0.2, 0) is 16.0 Å². The molecule has 0 bridgehead atoms. The fourth-order valence-electron chi connectivity index (χ4n) is 2.89. The van der Waals surface area contributed by atoms with Crippen LogP contribution in [0.15, 0.2) is 28.7 Å². The Kier molecular flexibility index (Phi) is 6.37. The summed E-state index contributed by atoms with van der Waals surface area (Å²) in [6.45, 7) is 2.54. The summed E-state index contributed by atoms with van der Waals surface area (Å²) in [7, 11) is 0. The summed E-state index contributed by atoms with van der Waals surface area (Å²) in [4.78, 5) is 26.4. The van der Waals surface area contributed by atoms with E-state index in [-0.39, 0.29) is 24.2 Å². The number of hydrogen-bond acceptors (Lipinski definition) is 5. The van der Waals surface area contributed by atoms with Gasteiger partial charge in [-0.2, -0.15) is 0 Å². The molecule has 1 unspecified atom stereocenters. The first-order valence-electron chi connectivity index (χ1n) is 8.76. The van der Waals surface area contributed by atoms with Crippen molar-refractivity contribution in [3.05, 3.63) is 33.7 Å². The molecule has 26 heavy (non-hydrogen) atoms. The first kappa shape index (κ1) is 19.0. The lowest BCUT2D eigenvalue weighted by molar-refractivity contribution is -0.122. The molecule has 0 spiro atoms. The van der Waals surface area contributed by atoms with Gasteiger partial charge in [0, 0.05) is 29.5 Å². The van der Waals surface area contributed by atoms with Gasteiger partial charge in [0.05, 0.1) is 5.92 Å². The summed E-state index contributed by atoms with van der Waals surface area (Å²) in [6, 6.07) is 7.51. The number of aromatic nitrogens is 2. The van der Waals surface area contributed by atoms with Gasteiger partial charge >= 0.3 is 0 Å². The van der Waals surface area contributed by atoms with E-state index in [1.807, 2.05) is 24.3 Å². The van der Waals surface area contributed by atoms with Crippen molar-refractivity contribution in [2.24, 2.45) is 5.92 Å². The largest absolute Gasteiger partial charge is 0.312 e. The average Bonchev–Trinajstić information content (AvgIpc) is 3.23. The van der Waals surface area contributed by atoms with E-state index in [1.54, 1.807) is 4.90 Å². The number of carbonyl (C=O) groups is 2. The van der Waals surface area contributed by atoms with Crippen LogP contribution < -0.4 is 10.2 Å². The van der Waals surface area contributed by atoms with Gasteiger partial charge in [0.15, 0.2) is 0 Å². The number of halogens is 1. The van der Waals surface area contributed by atoms with Crippen molar-refractivity contribution >= 4 is 49.9 Å². The zero-order chi connectivity index (χ0) is 18.5. The van der Waals surface area contributed by atoms with Crippen molar-refractivity contribution in [2.45, 2.75) is 39.0 Å². The number of nitrogens with one attached hydrogen (secondary N) is 1. The van der Waals surface area contributed by atoms with E-state index >= 15 is 0 Å². The fraction of sp³-hybridized carbons (Fsp3) is 0.444. The number of hydrogen-bond donors (Lipinski definition) is 1. The van der Waals surface area contributed by atoms with E-state index in [0.29, 0.717) is 11.7 Å². The minimum Gasteiger partial charge on any atom is -0.312 e. The van der Waals surface area contributed by atoms with Crippen molar-refractivity contribution in [3.8, 4) is 0 Å². The van der Waals surface area contributed by atoms with Crippen LogP contribution in [-0.4, -0.2) is 28.6 Å². The van der Waals surface area contributed by atoms with Gasteiger partial charge in [-0.15, -0.1) is 10.2 Å². The molecule has 1 N–H and O–H groups in total. The average molecular weight is 437 g/mol. The van der Waals surface area contributed by atoms with Gasteiger partial charge < -0.3 is 10.2 Å². The highest BCUT2D eigenvalue weighted by molar-refractivity contribution is 9.10. The summed E-state index contributed by atoms with van der Waals surface area (Å²) >= 11 is 4.80. The van der Waals surface area contributed by atoms with Crippen molar-refractivity contribution in [1.82, 2.24) is 10.2 Å². The molecule has 0 aliphatic carbocycles. The number of carbonyl (C=O) groups excluding carboxylic acids is 2. The van der Waals surface area contributed by atoms with Crippen LogP contribution in [0, 0.1) is 5.92 Å². The van der Waals surface area contributed by atoms with Crippen LogP contribution in [0.4, 0.5) is 10.8 Å². The molecule has 1 aromatic heterocycles. The monoisotopic (exact) mass is 436 g/mol. The third-order valence-corrected chi connectivity index (χ3v) is 5.75. The van der Waals surface area contributed by atoms with Gasteiger partial charge in [-0.25, -0.2) is 0 Å². The van der Waals surface area contributed by atoms with Crippen LogP contribution in [0.3, 0.4) is 0 Å². The molecule has 1 fully saturated rings. The smallest absolute Gasteiger partial charge is 0.231 e. The lowest BCUT2D eigenvalue weighted by Gasteiger charge is -2.16. The Morgan fingerprint density at radius 3 is 2.81 bits per heavy atom. The minimum absolute atomic E-state index is 0.0370. The quantitative estimate of drug-likeness (QED) is 0.664. The SMILES string of the molecule is CCCCCc1nnc(NC(=O)C2CC(=O)N(c3ccc(Br)cc3)C2)s1. The van der Waals surface area contributed by atoms with Crippen LogP contribution in [0.25, 0.3) is 0 Å². The van der Waals surface area contributed by atoms with E-state index in [4.69, 9.17) is 0 Å². The van der Waals surface area contributed by atoms with E-state index in [2.05, 4.69) is 38.4 Å². The first-order chi connectivity index (χ1) is 12.6. The number of anilines is 2. The molecular formula is C18H21BrN4O2S. The number of amides is 2. The highest BCUT2D eigenvalue weighted by Gasteiger charge is 2.35. The molecule has 1 aliphatic heterocycles. The van der Waals surface area contributed by atoms with E-state index < -0.39 is 0 Å². The summed E-state index contributed by atoms with van der Waals surface area (Å²) in [6.07, 6.45) is 4.51. The summed E-state index contributed by atoms with van der Waals surface area (Å²) < 4.78 is 0.952. The zero-order valence-electron chi connectivity index (χ0n) is 14.6. The molecule has 1 aromatic carbocycles. The third kappa shape index (κ3) is 4.67. The zero-order valence-corrected chi connectivity index (χ0v) is 17.0. The van der Waals surface area contributed by atoms with E-state index in [1.165, 1.54) is 11.3 Å². The lowest BCUT2D eigenvalue weighted by atomic mass is 10.1. The van der Waals surface area contributed by atoms with Gasteiger partial charge in [0.25, 0.3) is 0 Å². The van der Waals surface area contributed by atoms with Crippen molar-refractivity contribution in [3.63, 3.8) is 0 Å². The molecule has 3 rings (SSSR count). The molecular weight excluding hydrogens is 416 g/mol. The summed E-state index contributed by atoms with van der Waals surface area (Å²) in [5.41, 5.74) is 0.808. The highest BCUT2D eigenvalue weighted by atomic mass is 79.9. The van der Waals surface area contributed by atoms with Crippen LogP contribution >= 0.6 is 27.3 Å². The van der Waals surface area contributed by atoms with E-state index in [9.17, 15) is 9.59 Å². The molecule has 8 heteroatoms. The lowest BCUT2D eigenvalue weighted by Crippen LogP contribution is -2.28. The molecule has 2 heterocycles. The molecule has 1 saturated heterocycles. The maximum Gasteiger partial charge on any atom is 0.231 e. The molecule has 6 nitrogen and oxygen atoms in total. The number of unbranched alkanes of at least 4 members (excludes halogenated alkanes) is 2. The maximum absolute atomic E-state index is 12.5. The van der Waals surface area contributed by atoms with Gasteiger partial charge in [0.1, 0.15) is 5.01 Å². The van der Waals surface area contributed by atoms with Crippen molar-refractivity contribution in [2.75, 3.05) is 16.8 Å². The van der Waals surface area contributed by atoms with Gasteiger partial charge in [-0.1, -0.05) is 47.0 Å². The van der Waals surface area contributed by atoms with Crippen molar-refractivity contribution < 1.29 is 9.59 Å². The molecule has 2 aromatic rings. The summed E-state index contributed by atoms with van der Waals surface area (Å²) in [5, 5.41) is 12.4. The molecule has 2 amide bonds. The highest BCUT2D eigenvalue weighted by Crippen LogP contribution is 2.27. The predicted octanol–water partition coefficient (Wildman–Crippen LogP) is 4.02. The second-order valence-corrected chi connectivity index (χ2v) is 8.31. The Morgan fingerprint density at radius 1 is 1.31 bits per heavy atom. The van der Waals surface area contributed by atoms with E-state index in [0.717, 1.165) is 40.9 Å². The second-order valence-electron chi connectivity index (χ2n) is 6.33. The maximum atomic E-state index is 12.5. The Balaban J connectivity index is 1.57. The molecule has 1 aliphatic rings. The molecule has 0 saturated carbocycles. The third-order valence-electron chi connectivity index (χ3n) is 4.33. The van der Waals surface area contributed by atoms with Gasteiger partial charge in [-0.3, -0.25) is 9.59 Å². The Morgan fingerprint density at radius 2 is 2.08 bits per heavy atom. The van der Waals surface area contributed by atoms with Crippen molar-refractivity contribution in [1.29, 1.82) is 0 Å². The van der Waals surface area contributed by atoms with Crippen LogP contribution in [0.1, 0.15) is 37.6 Å². The Bertz CT molecular complexity index is 778. The Hall–Kier alpha value is -1.80. The first-order valence-corrected chi connectivity index (χ1v) is 10.4. The normalized spacial score (nSPS) is 16.9. The number of rotatable bonds is 7. The minimum atomic E-state index is -0.376. The molecule has 0 radical (unpaired) electrons. The van der Waals surface area contributed by atoms with Crippen LogP contribution in [0.5, 0.6) is 0 Å². The van der Waals surface area contributed by atoms with Crippen LogP contribution in [0.2, 0.25) is 0 Å². The predicted molar refractivity (Wildman–Crippen MR) is 106 cm³/mol. The van der Waals surface area contributed by atoms with Gasteiger partial charge in [0.2, 0.25) is 16.9 Å². The summed E-state index contributed by atoms with van der Waals surface area (Å²) in [5.74, 6) is -0.585. The Labute approximate surface area is 165 Å². The topological polar surface area (TPSA) is 75.2 Å². The molecule has 138 valence electrons. The molecule has 1 atom stereocenters. The second kappa shape index (κ2) is 8.73. The standard InChI is InChI=1S/C18H21BrN4O2S/c1-2-3-4-5-15-21-22-18(26-15)20-17(25)12-10-16(24)23(11-12)14-8-6-13(19)7-9-14/h6-9,12H,2-5,10-11H2,1H3,(H,20,22,25). The number of benzene rings is 1. The van der Waals surface area contributed by atoms with Gasteiger partial charge in [-0.05, 0) is 30.7 Å². The fourth-order valence-corrected chi connectivity index (χ4v) is 3.94. The number of nitrogens with zero attached hydrogens (tertiary/aromatic N) is 3.